The van der Waals surface area contributed by atoms with Crippen LogP contribution in [0.25, 0.3) is 11.1 Å². The van der Waals surface area contributed by atoms with Crippen molar-refractivity contribution in [3.8, 4) is 17.0 Å². The fourth-order valence-electron chi connectivity index (χ4n) is 2.59. The third kappa shape index (κ3) is 3.01. The van der Waals surface area contributed by atoms with Gasteiger partial charge < -0.3 is 4.74 Å². The van der Waals surface area contributed by atoms with E-state index in [1.807, 2.05) is 18.2 Å². The molecule has 2 aromatic carbocycles. The summed E-state index contributed by atoms with van der Waals surface area (Å²) in [6, 6.07) is 23.2. The summed E-state index contributed by atoms with van der Waals surface area (Å²) >= 11 is 0. The van der Waals surface area contributed by atoms with Gasteiger partial charge in [0.15, 0.2) is 0 Å². The molecule has 22 heavy (non-hydrogen) atoms. The van der Waals surface area contributed by atoms with Crippen LogP contribution in [0.1, 0.15) is 24.0 Å². The van der Waals surface area contributed by atoms with Gasteiger partial charge in [-0.1, -0.05) is 61.5 Å². The van der Waals surface area contributed by atoms with Crippen molar-refractivity contribution in [1.29, 1.82) is 0 Å². The molecule has 0 bridgehead atoms. The average Bonchev–Trinajstić information content (AvgIpc) is 2.62. The number of nitrogens with zero attached hydrogens (tertiary/aromatic N) is 1. The van der Waals surface area contributed by atoms with Gasteiger partial charge in [0.2, 0.25) is 5.88 Å². The van der Waals surface area contributed by atoms with Gasteiger partial charge in [-0.15, -0.1) is 0 Å². The van der Waals surface area contributed by atoms with E-state index in [4.69, 9.17) is 4.74 Å². The van der Waals surface area contributed by atoms with Gasteiger partial charge in [0.1, 0.15) is 0 Å². The zero-order chi connectivity index (χ0) is 15.4. The summed E-state index contributed by atoms with van der Waals surface area (Å²) in [7, 11) is 1.64. The molecule has 3 aromatic rings. The molecule has 0 saturated heterocycles. The predicted octanol–water partition coefficient (Wildman–Crippen LogP) is 4.91. The lowest BCUT2D eigenvalue weighted by Gasteiger charge is -2.14. The molecule has 0 N–H and O–H groups in total. The first kappa shape index (κ1) is 14.3. The summed E-state index contributed by atoms with van der Waals surface area (Å²) in [6.07, 6.45) is 1.79. The van der Waals surface area contributed by atoms with E-state index < -0.39 is 0 Å². The van der Waals surface area contributed by atoms with Gasteiger partial charge in [-0.05, 0) is 28.3 Å². The van der Waals surface area contributed by atoms with Crippen LogP contribution in [0.2, 0.25) is 0 Å². The molecular weight excluding hydrogens is 270 g/mol. The van der Waals surface area contributed by atoms with Crippen LogP contribution in [0, 0.1) is 0 Å². The first-order valence-corrected chi connectivity index (χ1v) is 7.43. The van der Waals surface area contributed by atoms with Crippen LogP contribution in [0.15, 0.2) is 72.9 Å². The van der Waals surface area contributed by atoms with Gasteiger partial charge in [0.05, 0.1) is 7.11 Å². The highest BCUT2D eigenvalue weighted by Crippen LogP contribution is 2.28. The van der Waals surface area contributed by atoms with Crippen molar-refractivity contribution in [3.63, 3.8) is 0 Å². The standard InChI is InChI=1S/C20H19NO/c1-15(19-12-13-21-20(14-19)22-2)16-8-10-18(11-9-16)17-6-4-3-5-7-17/h3-15H,1-2H3. The zero-order valence-corrected chi connectivity index (χ0v) is 12.9. The minimum Gasteiger partial charge on any atom is -0.481 e. The molecule has 0 fully saturated rings. The van der Waals surface area contributed by atoms with Gasteiger partial charge in [-0.3, -0.25) is 0 Å². The van der Waals surface area contributed by atoms with E-state index in [0.717, 1.165) is 0 Å². The van der Waals surface area contributed by atoms with Gasteiger partial charge >= 0.3 is 0 Å². The minimum atomic E-state index is 0.307. The van der Waals surface area contributed by atoms with Crippen LogP contribution in [-0.4, -0.2) is 12.1 Å². The van der Waals surface area contributed by atoms with Gasteiger partial charge in [0, 0.05) is 18.2 Å². The van der Waals surface area contributed by atoms with Crippen molar-refractivity contribution < 1.29 is 4.74 Å². The lowest BCUT2D eigenvalue weighted by atomic mass is 9.92. The van der Waals surface area contributed by atoms with E-state index in [9.17, 15) is 0 Å². The largest absolute Gasteiger partial charge is 0.481 e. The van der Waals surface area contributed by atoms with Gasteiger partial charge in [-0.25, -0.2) is 4.98 Å². The van der Waals surface area contributed by atoms with E-state index in [-0.39, 0.29) is 0 Å². The second-order valence-electron chi connectivity index (χ2n) is 5.34. The minimum absolute atomic E-state index is 0.307. The van der Waals surface area contributed by atoms with Crippen molar-refractivity contribution in [3.05, 3.63) is 84.1 Å². The third-order valence-corrected chi connectivity index (χ3v) is 3.99. The fraction of sp³-hybridized carbons (Fsp3) is 0.150. The van der Waals surface area contributed by atoms with E-state index in [2.05, 4.69) is 60.4 Å². The molecule has 0 aliphatic carbocycles. The molecular formula is C20H19NO. The highest BCUT2D eigenvalue weighted by atomic mass is 16.5. The van der Waals surface area contributed by atoms with E-state index >= 15 is 0 Å². The molecule has 2 heteroatoms. The summed E-state index contributed by atoms with van der Waals surface area (Å²) in [4.78, 5) is 4.17. The number of benzene rings is 2. The Morgan fingerprint density at radius 1 is 0.818 bits per heavy atom. The number of methoxy groups -OCH3 is 1. The maximum absolute atomic E-state index is 5.21. The Morgan fingerprint density at radius 3 is 2.18 bits per heavy atom. The summed E-state index contributed by atoms with van der Waals surface area (Å²) < 4.78 is 5.21. The van der Waals surface area contributed by atoms with Gasteiger partial charge in [0.25, 0.3) is 0 Å². The third-order valence-electron chi connectivity index (χ3n) is 3.99. The highest BCUT2D eigenvalue weighted by molar-refractivity contribution is 5.63. The van der Waals surface area contributed by atoms with E-state index in [1.165, 1.54) is 22.3 Å². The van der Waals surface area contributed by atoms with Crippen LogP contribution in [-0.2, 0) is 0 Å². The zero-order valence-electron chi connectivity index (χ0n) is 12.9. The van der Waals surface area contributed by atoms with Gasteiger partial charge in [-0.2, -0.15) is 0 Å². The summed E-state index contributed by atoms with van der Waals surface area (Å²) in [6.45, 7) is 2.20. The molecule has 0 amide bonds. The Morgan fingerprint density at radius 2 is 1.50 bits per heavy atom. The number of hydrogen-bond donors (Lipinski definition) is 0. The SMILES string of the molecule is COc1cc(C(C)c2ccc(-c3ccccc3)cc2)ccn1. The molecule has 0 saturated carbocycles. The molecule has 0 aliphatic heterocycles. The van der Waals surface area contributed by atoms with Crippen LogP contribution >= 0.6 is 0 Å². The van der Waals surface area contributed by atoms with Crippen LogP contribution in [0.4, 0.5) is 0 Å². The van der Waals surface area contributed by atoms with E-state index in [0.29, 0.717) is 11.8 Å². The topological polar surface area (TPSA) is 22.1 Å². The quantitative estimate of drug-likeness (QED) is 0.681. The molecule has 110 valence electrons. The van der Waals surface area contributed by atoms with Crippen molar-refractivity contribution >= 4 is 0 Å². The number of aromatic nitrogens is 1. The Kier molecular flexibility index (Phi) is 4.19. The van der Waals surface area contributed by atoms with Crippen LogP contribution in [0.5, 0.6) is 5.88 Å². The second kappa shape index (κ2) is 6.44. The smallest absolute Gasteiger partial charge is 0.213 e. The van der Waals surface area contributed by atoms with Crippen LogP contribution in [0.3, 0.4) is 0 Å². The Labute approximate surface area is 131 Å². The molecule has 1 heterocycles. The molecule has 0 spiro atoms. The summed E-state index contributed by atoms with van der Waals surface area (Å²) in [5.74, 6) is 0.965. The highest BCUT2D eigenvalue weighted by Gasteiger charge is 2.10. The maximum atomic E-state index is 5.21. The Bertz CT molecular complexity index is 735. The van der Waals surface area contributed by atoms with Crippen molar-refractivity contribution in [2.75, 3.05) is 7.11 Å². The van der Waals surface area contributed by atoms with E-state index in [1.54, 1.807) is 13.3 Å². The number of hydrogen-bond acceptors (Lipinski definition) is 2. The van der Waals surface area contributed by atoms with Crippen molar-refractivity contribution in [2.45, 2.75) is 12.8 Å². The Hall–Kier alpha value is -2.61. The molecule has 3 rings (SSSR count). The Balaban J connectivity index is 1.86. The lowest BCUT2D eigenvalue weighted by Crippen LogP contribution is -1.97. The molecule has 1 aromatic heterocycles. The molecule has 2 nitrogen and oxygen atoms in total. The van der Waals surface area contributed by atoms with Crippen LogP contribution < -0.4 is 4.74 Å². The predicted molar refractivity (Wildman–Crippen MR) is 90.2 cm³/mol. The van der Waals surface area contributed by atoms with Crippen molar-refractivity contribution in [2.24, 2.45) is 0 Å². The monoisotopic (exact) mass is 289 g/mol. The average molecular weight is 289 g/mol. The molecule has 0 aliphatic rings. The fourth-order valence-corrected chi connectivity index (χ4v) is 2.59. The summed E-state index contributed by atoms with van der Waals surface area (Å²) in [5, 5.41) is 0. The lowest BCUT2D eigenvalue weighted by molar-refractivity contribution is 0.397. The molecule has 1 atom stereocenters. The maximum Gasteiger partial charge on any atom is 0.213 e. The number of pyridine rings is 1. The van der Waals surface area contributed by atoms with Crippen molar-refractivity contribution in [1.82, 2.24) is 4.98 Å². The first-order chi connectivity index (χ1) is 10.8. The normalized spacial score (nSPS) is 11.9. The summed E-state index contributed by atoms with van der Waals surface area (Å²) in [5.41, 5.74) is 4.98. The number of rotatable bonds is 4. The number of ether oxygens (including phenoxy) is 1. The molecule has 1 unspecified atom stereocenters. The molecule has 0 radical (unpaired) electrons. The second-order valence-corrected chi connectivity index (χ2v) is 5.34. The first-order valence-electron chi connectivity index (χ1n) is 7.43.